The number of rotatable bonds is 4. The van der Waals surface area contributed by atoms with Gasteiger partial charge in [0.2, 0.25) is 5.91 Å². The predicted octanol–water partition coefficient (Wildman–Crippen LogP) is 0.267. The first-order valence-corrected chi connectivity index (χ1v) is 6.95. The lowest BCUT2D eigenvalue weighted by molar-refractivity contribution is -0.131. The Bertz CT molecular complexity index is 715. The maximum Gasteiger partial charge on any atom is 0.331 e. The number of aromatic nitrogens is 2. The van der Waals surface area contributed by atoms with E-state index in [2.05, 4.69) is 0 Å². The minimum Gasteiger partial charge on any atom is -0.340 e. The van der Waals surface area contributed by atoms with Crippen molar-refractivity contribution >= 4 is 17.2 Å². The van der Waals surface area contributed by atoms with Gasteiger partial charge in [0.1, 0.15) is 6.54 Å². The van der Waals surface area contributed by atoms with Gasteiger partial charge >= 0.3 is 5.69 Å². The van der Waals surface area contributed by atoms with Crippen LogP contribution in [0.4, 0.5) is 0 Å². The number of carbonyl (C=O) groups is 1. The third kappa shape index (κ3) is 3.05. The molecule has 0 unspecified atom stereocenters. The van der Waals surface area contributed by atoms with E-state index in [-0.39, 0.29) is 18.0 Å². The third-order valence-corrected chi connectivity index (χ3v) is 3.72. The smallest absolute Gasteiger partial charge is 0.331 e. The highest BCUT2D eigenvalue weighted by Gasteiger charge is 2.12. The van der Waals surface area contributed by atoms with Crippen LogP contribution in [0.25, 0.3) is 0 Å². The first kappa shape index (κ1) is 14.3. The molecule has 2 rings (SSSR count). The lowest BCUT2D eigenvalue weighted by Gasteiger charge is -2.17. The second-order valence-electron chi connectivity index (χ2n) is 4.50. The maximum absolute atomic E-state index is 12.1. The van der Waals surface area contributed by atoms with Gasteiger partial charge in [0.05, 0.1) is 0 Å². The number of thiophene rings is 1. The molecule has 0 aromatic carbocycles. The molecule has 2 aromatic heterocycles. The molecule has 0 saturated heterocycles. The molecule has 20 heavy (non-hydrogen) atoms. The zero-order valence-electron chi connectivity index (χ0n) is 11.3. The molecule has 0 bridgehead atoms. The lowest BCUT2D eigenvalue weighted by atomic mass is 10.3. The van der Waals surface area contributed by atoms with E-state index in [0.29, 0.717) is 6.54 Å². The van der Waals surface area contributed by atoms with Crippen molar-refractivity contribution in [3.8, 4) is 0 Å². The van der Waals surface area contributed by atoms with Crippen LogP contribution in [-0.2, 0) is 24.9 Å². The summed E-state index contributed by atoms with van der Waals surface area (Å²) in [6, 6.07) is 3.22. The van der Waals surface area contributed by atoms with Crippen molar-refractivity contribution in [2.24, 2.45) is 7.05 Å². The zero-order chi connectivity index (χ0) is 14.7. The lowest BCUT2D eigenvalue weighted by Crippen LogP contribution is -2.40. The Morgan fingerprint density at radius 2 is 2.10 bits per heavy atom. The average Bonchev–Trinajstić information content (AvgIpc) is 2.92. The number of likely N-dealkylation sites (N-methyl/N-ethyl adjacent to an activating group) is 1. The van der Waals surface area contributed by atoms with Crippen LogP contribution in [0.1, 0.15) is 5.56 Å². The Morgan fingerprint density at radius 1 is 1.35 bits per heavy atom. The molecule has 0 aliphatic carbocycles. The van der Waals surface area contributed by atoms with Gasteiger partial charge < -0.3 is 4.90 Å². The van der Waals surface area contributed by atoms with Crippen molar-refractivity contribution in [1.82, 2.24) is 14.0 Å². The van der Waals surface area contributed by atoms with Crippen LogP contribution in [0.3, 0.4) is 0 Å². The summed E-state index contributed by atoms with van der Waals surface area (Å²) in [7, 11) is 3.08. The average molecular weight is 293 g/mol. The fourth-order valence-corrected chi connectivity index (χ4v) is 2.41. The first-order chi connectivity index (χ1) is 9.49. The van der Waals surface area contributed by atoms with Gasteiger partial charge in [-0.05, 0) is 22.4 Å². The normalized spacial score (nSPS) is 10.5. The Labute approximate surface area is 119 Å². The summed E-state index contributed by atoms with van der Waals surface area (Å²) in [5.74, 6) is -0.183. The van der Waals surface area contributed by atoms with E-state index in [1.165, 1.54) is 23.9 Å². The van der Waals surface area contributed by atoms with Crippen molar-refractivity contribution < 1.29 is 4.79 Å². The molecule has 0 aliphatic heterocycles. The molecule has 6 nitrogen and oxygen atoms in total. The van der Waals surface area contributed by atoms with Crippen LogP contribution in [0.15, 0.2) is 38.7 Å². The topological polar surface area (TPSA) is 64.3 Å². The van der Waals surface area contributed by atoms with Gasteiger partial charge in [-0.2, -0.15) is 11.3 Å². The monoisotopic (exact) mass is 293 g/mol. The van der Waals surface area contributed by atoms with Crippen molar-refractivity contribution in [2.45, 2.75) is 13.1 Å². The summed E-state index contributed by atoms with van der Waals surface area (Å²) in [5.41, 5.74) is 0.179. The summed E-state index contributed by atoms with van der Waals surface area (Å²) in [6.45, 7) is 0.427. The van der Waals surface area contributed by atoms with E-state index in [1.807, 2.05) is 16.8 Å². The largest absolute Gasteiger partial charge is 0.340 e. The van der Waals surface area contributed by atoms with Crippen LogP contribution >= 0.6 is 11.3 Å². The fourth-order valence-electron chi connectivity index (χ4n) is 1.75. The van der Waals surface area contributed by atoms with Gasteiger partial charge in [0, 0.05) is 32.9 Å². The zero-order valence-corrected chi connectivity index (χ0v) is 12.1. The summed E-state index contributed by atoms with van der Waals surface area (Å²) >= 11 is 1.57. The molecule has 0 radical (unpaired) electrons. The quantitative estimate of drug-likeness (QED) is 0.812. The second-order valence-corrected chi connectivity index (χ2v) is 5.28. The molecule has 0 aliphatic rings. The molecule has 0 saturated carbocycles. The molecule has 0 fully saturated rings. The molecule has 7 heteroatoms. The maximum atomic E-state index is 12.1. The van der Waals surface area contributed by atoms with Gasteiger partial charge in [0.15, 0.2) is 0 Å². The summed E-state index contributed by atoms with van der Waals surface area (Å²) < 4.78 is 2.21. The molecule has 0 spiro atoms. The van der Waals surface area contributed by atoms with Gasteiger partial charge in [-0.3, -0.25) is 18.7 Å². The van der Waals surface area contributed by atoms with Gasteiger partial charge in [0.25, 0.3) is 5.56 Å². The molecule has 0 atom stereocenters. The predicted molar refractivity (Wildman–Crippen MR) is 76.7 cm³/mol. The molecule has 2 aromatic rings. The van der Waals surface area contributed by atoms with E-state index in [9.17, 15) is 14.4 Å². The Hall–Kier alpha value is -2.15. The standard InChI is InChI=1S/C13H15N3O3S/c1-14(7-10-4-6-20-9-10)12(18)8-16-5-3-11(17)15(2)13(16)19/h3-6,9H,7-8H2,1-2H3. The van der Waals surface area contributed by atoms with Crippen molar-refractivity contribution in [1.29, 1.82) is 0 Å². The first-order valence-electron chi connectivity index (χ1n) is 6.00. The highest BCUT2D eigenvalue weighted by atomic mass is 32.1. The Kier molecular flexibility index (Phi) is 4.19. The number of amides is 1. The molecular formula is C13H15N3O3S. The molecule has 2 heterocycles. The summed E-state index contributed by atoms with van der Waals surface area (Å²) in [5, 5.41) is 3.92. The van der Waals surface area contributed by atoms with E-state index >= 15 is 0 Å². The summed E-state index contributed by atoms with van der Waals surface area (Å²) in [4.78, 5) is 36.7. The van der Waals surface area contributed by atoms with Crippen LogP contribution in [0.5, 0.6) is 0 Å². The van der Waals surface area contributed by atoms with Crippen LogP contribution < -0.4 is 11.2 Å². The highest BCUT2D eigenvalue weighted by Crippen LogP contribution is 2.08. The van der Waals surface area contributed by atoms with E-state index in [4.69, 9.17) is 0 Å². The minimum absolute atomic E-state index is 0.0758. The van der Waals surface area contributed by atoms with Crippen LogP contribution in [0, 0.1) is 0 Å². The van der Waals surface area contributed by atoms with E-state index < -0.39 is 5.69 Å². The van der Waals surface area contributed by atoms with Gasteiger partial charge in [-0.1, -0.05) is 0 Å². The second kappa shape index (κ2) is 5.87. The van der Waals surface area contributed by atoms with E-state index in [0.717, 1.165) is 10.1 Å². The van der Waals surface area contributed by atoms with Crippen molar-refractivity contribution in [3.05, 3.63) is 55.5 Å². The van der Waals surface area contributed by atoms with Crippen LogP contribution in [0.2, 0.25) is 0 Å². The van der Waals surface area contributed by atoms with Crippen molar-refractivity contribution in [2.75, 3.05) is 7.05 Å². The SMILES string of the molecule is CN(Cc1ccsc1)C(=O)Cn1ccc(=O)n(C)c1=O. The molecule has 0 N–H and O–H groups in total. The Morgan fingerprint density at radius 3 is 2.75 bits per heavy atom. The highest BCUT2D eigenvalue weighted by molar-refractivity contribution is 7.07. The number of hydrogen-bond acceptors (Lipinski definition) is 4. The number of nitrogens with zero attached hydrogens (tertiary/aromatic N) is 3. The summed E-state index contributed by atoms with van der Waals surface area (Å²) in [6.07, 6.45) is 1.35. The minimum atomic E-state index is -0.491. The van der Waals surface area contributed by atoms with Crippen LogP contribution in [-0.4, -0.2) is 27.0 Å². The van der Waals surface area contributed by atoms with Crippen molar-refractivity contribution in [3.63, 3.8) is 0 Å². The number of hydrogen-bond donors (Lipinski definition) is 0. The van der Waals surface area contributed by atoms with Gasteiger partial charge in [-0.25, -0.2) is 4.79 Å². The molecule has 106 valence electrons. The van der Waals surface area contributed by atoms with Gasteiger partial charge in [-0.15, -0.1) is 0 Å². The number of carbonyl (C=O) groups excluding carboxylic acids is 1. The molecule has 1 amide bonds. The fraction of sp³-hybridized carbons (Fsp3) is 0.308. The molecular weight excluding hydrogens is 278 g/mol. The van der Waals surface area contributed by atoms with E-state index in [1.54, 1.807) is 23.3 Å². The third-order valence-electron chi connectivity index (χ3n) is 2.99. The Balaban J connectivity index is 2.10.